The molecule has 3 aromatic carbocycles. The molecule has 0 heterocycles. The van der Waals surface area contributed by atoms with Gasteiger partial charge in [0.2, 0.25) is 0 Å². The third-order valence-corrected chi connectivity index (χ3v) is 20.7. The average molecular weight is 930 g/mol. The maximum absolute atomic E-state index is 12.8. The number of rotatable bonds is 22. The number of hydrogen-bond donors (Lipinski definition) is 0. The quantitative estimate of drug-likeness (QED) is 0.0437. The Balaban J connectivity index is 0.00000641. The van der Waals surface area contributed by atoms with Crippen LogP contribution in [0.5, 0.6) is 0 Å². The van der Waals surface area contributed by atoms with E-state index in [4.69, 9.17) is 18.9 Å². The first-order valence-corrected chi connectivity index (χ1v) is 26.3. The third kappa shape index (κ3) is 11.4. The van der Waals surface area contributed by atoms with Gasteiger partial charge < -0.3 is 35.9 Å². The summed E-state index contributed by atoms with van der Waals surface area (Å²) in [6.07, 6.45) is 19.8. The topological polar surface area (TPSA) is 54.0 Å². The van der Waals surface area contributed by atoms with Crippen LogP contribution >= 0.6 is 7.26 Å². The Morgan fingerprint density at radius 3 is 1.90 bits per heavy atom. The molecular formula is C55H78BrO5P. The number of fused-ring (bicyclic) bond motifs is 5. The Kier molecular flexibility index (Phi) is 18.4. The highest BCUT2D eigenvalue weighted by atomic mass is 79.9. The van der Waals surface area contributed by atoms with Crippen molar-refractivity contribution in [2.24, 2.45) is 46.3 Å². The molecular weight excluding hydrogens is 851 g/mol. The van der Waals surface area contributed by atoms with Crippen molar-refractivity contribution in [3.63, 3.8) is 0 Å². The summed E-state index contributed by atoms with van der Waals surface area (Å²) >= 11 is 0. The highest BCUT2D eigenvalue weighted by molar-refractivity contribution is 7.95. The predicted octanol–water partition coefficient (Wildman–Crippen LogP) is 8.77. The van der Waals surface area contributed by atoms with Crippen LogP contribution in [0.15, 0.2) is 103 Å². The van der Waals surface area contributed by atoms with E-state index in [1.165, 1.54) is 73.7 Å². The van der Waals surface area contributed by atoms with E-state index >= 15 is 0 Å². The molecule has 0 aromatic heterocycles. The molecule has 7 rings (SSSR count). The Hall–Kier alpha value is -2.34. The van der Waals surface area contributed by atoms with Gasteiger partial charge in [-0.15, -0.1) is 0 Å². The van der Waals surface area contributed by atoms with Crippen LogP contribution in [0.3, 0.4) is 0 Å². The summed E-state index contributed by atoms with van der Waals surface area (Å²) in [6.45, 7) is 15.5. The summed E-state index contributed by atoms with van der Waals surface area (Å²) in [6, 6.07) is 32.5. The predicted molar refractivity (Wildman–Crippen MR) is 255 cm³/mol. The van der Waals surface area contributed by atoms with Crippen LogP contribution < -0.4 is 32.9 Å². The van der Waals surface area contributed by atoms with Crippen LogP contribution in [0.4, 0.5) is 0 Å². The van der Waals surface area contributed by atoms with Crippen molar-refractivity contribution in [2.45, 2.75) is 124 Å². The number of benzene rings is 3. The van der Waals surface area contributed by atoms with Gasteiger partial charge in [0.1, 0.15) is 29.8 Å². The molecule has 0 aliphatic heterocycles. The Bertz CT molecular complexity index is 1720. The molecule has 3 aromatic rings. The first kappa shape index (κ1) is 49.1. The second-order valence-electron chi connectivity index (χ2n) is 20.1. The zero-order valence-electron chi connectivity index (χ0n) is 38.8. The van der Waals surface area contributed by atoms with Crippen molar-refractivity contribution in [1.29, 1.82) is 0 Å². The van der Waals surface area contributed by atoms with Gasteiger partial charge in [0.15, 0.2) is 0 Å². The molecule has 62 heavy (non-hydrogen) atoms. The number of allylic oxidation sites excluding steroid dienone is 1. The minimum atomic E-state index is -1.96. The van der Waals surface area contributed by atoms with Gasteiger partial charge in [0.25, 0.3) is 0 Å². The van der Waals surface area contributed by atoms with E-state index in [0.29, 0.717) is 56.4 Å². The van der Waals surface area contributed by atoms with Crippen molar-refractivity contribution < 1.29 is 40.7 Å². The molecule has 3 saturated carbocycles. The normalized spacial score (nSPS) is 27.3. The largest absolute Gasteiger partial charge is 1.00 e. The highest BCUT2D eigenvalue weighted by Gasteiger charge is 2.59. The average Bonchev–Trinajstić information content (AvgIpc) is 3.64. The van der Waals surface area contributed by atoms with Gasteiger partial charge in [-0.05, 0) is 141 Å². The molecule has 3 fully saturated rings. The molecule has 4 aliphatic rings. The van der Waals surface area contributed by atoms with Gasteiger partial charge in [-0.25, -0.2) is 0 Å². The monoisotopic (exact) mass is 928 g/mol. The summed E-state index contributed by atoms with van der Waals surface area (Å²) in [5, 5.41) is 4.00. The van der Waals surface area contributed by atoms with Crippen LogP contribution in [0.25, 0.3) is 0 Å². The van der Waals surface area contributed by atoms with Crippen LogP contribution in [0, 0.1) is 46.3 Å². The Morgan fingerprint density at radius 1 is 0.694 bits per heavy atom. The summed E-state index contributed by atoms with van der Waals surface area (Å²) < 4.78 is 23.7. The molecule has 8 atom stereocenters. The van der Waals surface area contributed by atoms with E-state index in [-0.39, 0.29) is 29.6 Å². The fourth-order valence-electron chi connectivity index (χ4n) is 13.0. The minimum absolute atomic E-state index is 0. The molecule has 0 bridgehead atoms. The molecule has 340 valence electrons. The summed E-state index contributed by atoms with van der Waals surface area (Å²) in [7, 11) is -1.96. The lowest BCUT2D eigenvalue weighted by molar-refractivity contribution is -0.145. The second kappa shape index (κ2) is 23.2. The van der Waals surface area contributed by atoms with Crippen molar-refractivity contribution >= 4 is 29.1 Å². The van der Waals surface area contributed by atoms with E-state index in [0.717, 1.165) is 60.9 Å². The number of carbonyl (C=O) groups excluding carboxylic acids is 1. The fraction of sp³-hybridized carbons (Fsp3) is 0.618. The van der Waals surface area contributed by atoms with Crippen molar-refractivity contribution in [3.8, 4) is 0 Å². The zero-order chi connectivity index (χ0) is 42.7. The Morgan fingerprint density at radius 2 is 1.29 bits per heavy atom. The molecule has 0 amide bonds. The number of halogens is 1. The summed E-state index contributed by atoms with van der Waals surface area (Å²) in [5.74, 6) is 5.08. The van der Waals surface area contributed by atoms with Gasteiger partial charge in [-0.2, -0.15) is 0 Å². The molecule has 3 unspecified atom stereocenters. The maximum atomic E-state index is 12.8. The lowest BCUT2D eigenvalue weighted by atomic mass is 9.47. The molecule has 0 spiro atoms. The molecule has 5 nitrogen and oxygen atoms in total. The van der Waals surface area contributed by atoms with E-state index in [2.05, 4.69) is 132 Å². The standard InChI is InChI=1S/C55H78O5P.BrH/c1-42(2)17-15-18-43(3)50-28-29-51-49-27-26-44-41-45(30-32-54(44,4)52(49)31-33-55(50,51)5)59-38-36-57-34-35-58-37-39-60-53(56)25-16-40-61(46-19-9-6-10-20-46,47-21-11-7-12-22-47)48-23-13-8-14-24-48;/h6-14,19-24,26,42-43,45,49-52H,15-18,25,27-41H2,1-5H3;1H/q+1;/p-1/t43-,45-,49?,50-,51?,52?,54+,55-;/m1./s1. The van der Waals surface area contributed by atoms with Crippen LogP contribution in [-0.2, 0) is 23.7 Å². The van der Waals surface area contributed by atoms with Gasteiger partial charge >= 0.3 is 5.97 Å². The van der Waals surface area contributed by atoms with E-state index in [1.54, 1.807) is 5.57 Å². The van der Waals surface area contributed by atoms with Gasteiger partial charge in [-0.1, -0.05) is 120 Å². The van der Waals surface area contributed by atoms with Crippen LogP contribution in [-0.4, -0.2) is 57.9 Å². The molecule has 0 radical (unpaired) electrons. The lowest BCUT2D eigenvalue weighted by Gasteiger charge is -2.58. The SMILES string of the molecule is CC(C)CCC[C@@H](C)[C@H]1CCC2C3CC=C4C[C@H](OCCOCCOCCOC(=O)CCC[P+](c5ccccc5)(c5ccccc5)c5ccccc5)CC[C@]4(C)C3CC[C@@]21C.[Br-]. The summed E-state index contributed by atoms with van der Waals surface area (Å²) in [4.78, 5) is 12.8. The van der Waals surface area contributed by atoms with Gasteiger partial charge in [-0.3, -0.25) is 4.79 Å². The van der Waals surface area contributed by atoms with Crippen molar-refractivity contribution in [3.05, 3.63) is 103 Å². The number of esters is 1. The van der Waals surface area contributed by atoms with Crippen LogP contribution in [0.1, 0.15) is 118 Å². The van der Waals surface area contributed by atoms with Gasteiger partial charge in [0.05, 0.1) is 45.3 Å². The van der Waals surface area contributed by atoms with E-state index in [9.17, 15) is 4.79 Å². The summed E-state index contributed by atoms with van der Waals surface area (Å²) in [5.41, 5.74) is 2.60. The zero-order valence-corrected chi connectivity index (χ0v) is 41.3. The molecule has 7 heteroatoms. The highest BCUT2D eigenvalue weighted by Crippen LogP contribution is 2.67. The van der Waals surface area contributed by atoms with E-state index < -0.39 is 7.26 Å². The molecule has 0 saturated heterocycles. The minimum Gasteiger partial charge on any atom is -1.00 e. The van der Waals surface area contributed by atoms with Gasteiger partial charge in [0, 0.05) is 6.42 Å². The second-order valence-corrected chi connectivity index (χ2v) is 23.7. The van der Waals surface area contributed by atoms with Crippen LogP contribution in [0.2, 0.25) is 0 Å². The Labute approximate surface area is 387 Å². The smallest absolute Gasteiger partial charge is 0.306 e. The maximum Gasteiger partial charge on any atom is 0.306 e. The van der Waals surface area contributed by atoms with E-state index in [1.807, 2.05) is 0 Å². The fourth-order valence-corrected chi connectivity index (χ4v) is 17.4. The molecule has 4 aliphatic carbocycles. The van der Waals surface area contributed by atoms with Crippen molar-refractivity contribution in [1.82, 2.24) is 0 Å². The lowest BCUT2D eigenvalue weighted by Crippen LogP contribution is -3.00. The van der Waals surface area contributed by atoms with Crippen molar-refractivity contribution in [2.75, 3.05) is 45.8 Å². The number of ether oxygens (including phenoxy) is 4. The first-order valence-electron chi connectivity index (χ1n) is 24.3. The third-order valence-electron chi connectivity index (χ3n) is 16.2. The number of hydrogen-bond acceptors (Lipinski definition) is 5. The first-order chi connectivity index (χ1) is 29.6. The molecule has 0 N–H and O–H groups in total. The number of carbonyl (C=O) groups is 1.